The zero-order valence-electron chi connectivity index (χ0n) is 8.74. The first-order valence-electron chi connectivity index (χ1n) is 4.69. The summed E-state index contributed by atoms with van der Waals surface area (Å²) in [5, 5.41) is 13.5. The number of anilines is 1. The maximum absolute atomic E-state index is 13.2. The number of benzene rings is 1. The largest absolute Gasteiger partial charge is 0.376 e. The Morgan fingerprint density at radius 3 is 2.94 bits per heavy atom. The Morgan fingerprint density at radius 2 is 2.38 bits per heavy atom. The lowest BCUT2D eigenvalue weighted by molar-refractivity contribution is -0.386. The molecule has 0 amide bonds. The van der Waals surface area contributed by atoms with Gasteiger partial charge in [-0.05, 0) is 19.1 Å². The van der Waals surface area contributed by atoms with Gasteiger partial charge in [-0.2, -0.15) is 4.39 Å². The van der Waals surface area contributed by atoms with E-state index in [0.717, 1.165) is 6.07 Å². The van der Waals surface area contributed by atoms with Crippen LogP contribution in [0.25, 0.3) is 0 Å². The summed E-state index contributed by atoms with van der Waals surface area (Å²) < 4.78 is 13.2. The third kappa shape index (κ3) is 2.70. The number of halogens is 1. The lowest BCUT2D eigenvalue weighted by Gasteiger charge is -2.12. The van der Waals surface area contributed by atoms with Crippen molar-refractivity contribution in [3.63, 3.8) is 0 Å². The summed E-state index contributed by atoms with van der Waals surface area (Å²) >= 11 is 0. The second-order valence-electron chi connectivity index (χ2n) is 3.35. The summed E-state index contributed by atoms with van der Waals surface area (Å²) in [4.78, 5) is 9.92. The van der Waals surface area contributed by atoms with Gasteiger partial charge >= 0.3 is 5.69 Å². The number of para-hydroxylation sites is 1. The second-order valence-corrected chi connectivity index (χ2v) is 3.35. The van der Waals surface area contributed by atoms with Gasteiger partial charge < -0.3 is 5.32 Å². The standard InChI is InChI=1S/C11H11FN2O2/c1-3-5-8(2)13-10-7-4-6-9(12)11(10)14(15)16/h1,4,6-8,13H,5H2,2H3. The molecule has 1 aromatic rings. The van der Waals surface area contributed by atoms with E-state index >= 15 is 0 Å². The summed E-state index contributed by atoms with van der Waals surface area (Å²) in [5.74, 6) is 1.57. The van der Waals surface area contributed by atoms with Gasteiger partial charge in [-0.3, -0.25) is 10.1 Å². The Bertz CT molecular complexity index is 440. The number of terminal acetylenes is 1. The molecule has 0 aliphatic carbocycles. The number of nitrogens with one attached hydrogen (secondary N) is 1. The minimum atomic E-state index is -0.858. The van der Waals surface area contributed by atoms with E-state index in [1.54, 1.807) is 6.92 Å². The van der Waals surface area contributed by atoms with Crippen LogP contribution in [0.4, 0.5) is 15.8 Å². The highest BCUT2D eigenvalue weighted by Crippen LogP contribution is 2.27. The van der Waals surface area contributed by atoms with Crippen LogP contribution in [-0.4, -0.2) is 11.0 Å². The Labute approximate surface area is 92.6 Å². The fourth-order valence-corrected chi connectivity index (χ4v) is 1.31. The van der Waals surface area contributed by atoms with Gasteiger partial charge in [0, 0.05) is 12.5 Å². The lowest BCUT2D eigenvalue weighted by Crippen LogP contribution is -2.15. The first-order valence-corrected chi connectivity index (χ1v) is 4.69. The fraction of sp³-hybridized carbons (Fsp3) is 0.273. The van der Waals surface area contributed by atoms with Crippen molar-refractivity contribution in [3.05, 3.63) is 34.1 Å². The van der Waals surface area contributed by atoms with Crippen molar-refractivity contribution < 1.29 is 9.31 Å². The van der Waals surface area contributed by atoms with Crippen molar-refractivity contribution in [2.75, 3.05) is 5.32 Å². The maximum Gasteiger partial charge on any atom is 0.327 e. The van der Waals surface area contributed by atoms with Crippen LogP contribution in [0, 0.1) is 28.3 Å². The monoisotopic (exact) mass is 222 g/mol. The molecule has 0 fully saturated rings. The highest BCUT2D eigenvalue weighted by Gasteiger charge is 2.20. The summed E-state index contributed by atoms with van der Waals surface area (Å²) in [5.41, 5.74) is -0.404. The van der Waals surface area contributed by atoms with Crippen LogP contribution in [0.3, 0.4) is 0 Å². The predicted octanol–water partition coefficient (Wildman–Crippen LogP) is 2.56. The zero-order valence-corrected chi connectivity index (χ0v) is 8.74. The zero-order chi connectivity index (χ0) is 12.1. The van der Waals surface area contributed by atoms with Gasteiger partial charge in [0.05, 0.1) is 4.92 Å². The number of rotatable bonds is 4. The quantitative estimate of drug-likeness (QED) is 0.484. The Balaban J connectivity index is 3.00. The molecule has 1 rings (SSSR count). The number of nitro groups is 1. The normalized spacial score (nSPS) is 11.6. The van der Waals surface area contributed by atoms with Gasteiger partial charge in [0.15, 0.2) is 0 Å². The van der Waals surface area contributed by atoms with E-state index in [9.17, 15) is 14.5 Å². The molecule has 4 nitrogen and oxygen atoms in total. The molecule has 0 bridgehead atoms. The molecule has 1 aromatic carbocycles. The van der Waals surface area contributed by atoms with E-state index in [1.165, 1.54) is 12.1 Å². The van der Waals surface area contributed by atoms with Gasteiger partial charge in [0.1, 0.15) is 5.69 Å². The van der Waals surface area contributed by atoms with E-state index < -0.39 is 16.4 Å². The Hall–Kier alpha value is -2.09. The molecule has 0 aliphatic heterocycles. The Morgan fingerprint density at radius 1 is 1.69 bits per heavy atom. The van der Waals surface area contributed by atoms with Crippen molar-refractivity contribution in [2.45, 2.75) is 19.4 Å². The molecule has 0 saturated heterocycles. The van der Waals surface area contributed by atoms with Gasteiger partial charge in [-0.15, -0.1) is 12.3 Å². The van der Waals surface area contributed by atoms with E-state index in [2.05, 4.69) is 11.2 Å². The van der Waals surface area contributed by atoms with Crippen LogP contribution in [-0.2, 0) is 0 Å². The smallest absolute Gasteiger partial charge is 0.327 e. The van der Waals surface area contributed by atoms with E-state index in [4.69, 9.17) is 6.42 Å². The van der Waals surface area contributed by atoms with Crippen molar-refractivity contribution in [1.29, 1.82) is 0 Å². The maximum atomic E-state index is 13.2. The van der Waals surface area contributed by atoms with Crippen LogP contribution < -0.4 is 5.32 Å². The summed E-state index contributed by atoms with van der Waals surface area (Å²) in [6.07, 6.45) is 5.52. The number of hydrogen-bond donors (Lipinski definition) is 1. The molecule has 0 aromatic heterocycles. The molecule has 16 heavy (non-hydrogen) atoms. The van der Waals surface area contributed by atoms with Gasteiger partial charge in [0.25, 0.3) is 0 Å². The number of nitro benzene ring substituents is 1. The first kappa shape index (κ1) is 12.0. The van der Waals surface area contributed by atoms with E-state index in [1.807, 2.05) is 0 Å². The second kappa shape index (κ2) is 5.12. The molecule has 0 spiro atoms. The molecule has 1 N–H and O–H groups in total. The van der Waals surface area contributed by atoms with Crippen LogP contribution in [0.5, 0.6) is 0 Å². The third-order valence-electron chi connectivity index (χ3n) is 2.00. The molecule has 0 radical (unpaired) electrons. The molecule has 0 saturated carbocycles. The number of hydrogen-bond acceptors (Lipinski definition) is 3. The molecule has 1 unspecified atom stereocenters. The van der Waals surface area contributed by atoms with Crippen LogP contribution in [0.15, 0.2) is 18.2 Å². The summed E-state index contributed by atoms with van der Waals surface area (Å²) in [6, 6.07) is 3.77. The molecule has 0 heterocycles. The first-order chi connectivity index (χ1) is 7.56. The highest BCUT2D eigenvalue weighted by atomic mass is 19.1. The predicted molar refractivity (Wildman–Crippen MR) is 59.6 cm³/mol. The molecule has 0 aliphatic rings. The average molecular weight is 222 g/mol. The minimum absolute atomic E-state index is 0.146. The third-order valence-corrected chi connectivity index (χ3v) is 2.00. The summed E-state index contributed by atoms with van der Waals surface area (Å²) in [6.45, 7) is 1.77. The van der Waals surface area contributed by atoms with Crippen molar-refractivity contribution >= 4 is 11.4 Å². The highest BCUT2D eigenvalue weighted by molar-refractivity contribution is 5.62. The van der Waals surface area contributed by atoms with Crippen LogP contribution in [0.2, 0.25) is 0 Å². The molecular weight excluding hydrogens is 211 g/mol. The van der Waals surface area contributed by atoms with Gasteiger partial charge in [-0.25, -0.2) is 0 Å². The molecule has 5 heteroatoms. The van der Waals surface area contributed by atoms with Crippen LogP contribution >= 0.6 is 0 Å². The topological polar surface area (TPSA) is 55.2 Å². The summed E-state index contributed by atoms with van der Waals surface area (Å²) in [7, 11) is 0. The van der Waals surface area contributed by atoms with Crippen molar-refractivity contribution in [1.82, 2.24) is 0 Å². The minimum Gasteiger partial charge on any atom is -0.376 e. The molecular formula is C11H11FN2O2. The van der Waals surface area contributed by atoms with Crippen molar-refractivity contribution in [2.24, 2.45) is 0 Å². The number of nitrogens with zero attached hydrogens (tertiary/aromatic N) is 1. The van der Waals surface area contributed by atoms with Gasteiger partial charge in [-0.1, -0.05) is 6.07 Å². The fourth-order valence-electron chi connectivity index (χ4n) is 1.31. The van der Waals surface area contributed by atoms with Crippen LogP contribution in [0.1, 0.15) is 13.3 Å². The SMILES string of the molecule is C#CCC(C)Nc1cccc(F)c1[N+](=O)[O-]. The van der Waals surface area contributed by atoms with Crippen molar-refractivity contribution in [3.8, 4) is 12.3 Å². The molecule has 84 valence electrons. The van der Waals surface area contributed by atoms with E-state index in [0.29, 0.717) is 6.42 Å². The molecule has 1 atom stereocenters. The Kier molecular flexibility index (Phi) is 3.84. The van der Waals surface area contributed by atoms with Gasteiger partial charge in [0.2, 0.25) is 5.82 Å². The lowest BCUT2D eigenvalue weighted by atomic mass is 10.2. The van der Waals surface area contributed by atoms with E-state index in [-0.39, 0.29) is 11.7 Å². The average Bonchev–Trinajstić information content (AvgIpc) is 2.17.